The average molecular weight is 261 g/mol. The highest BCUT2D eigenvalue weighted by Crippen LogP contribution is 2.25. The number of benzene rings is 1. The zero-order valence-electron chi connectivity index (χ0n) is 11.1. The van der Waals surface area contributed by atoms with Crippen molar-refractivity contribution in [3.8, 4) is 0 Å². The summed E-state index contributed by atoms with van der Waals surface area (Å²) in [6.07, 6.45) is 2.32. The van der Waals surface area contributed by atoms with E-state index in [1.165, 1.54) is 5.56 Å². The third-order valence-electron chi connectivity index (χ3n) is 3.63. The van der Waals surface area contributed by atoms with Crippen molar-refractivity contribution in [2.45, 2.75) is 38.6 Å². The number of hydrogen-bond donors (Lipinski definition) is 2. The summed E-state index contributed by atoms with van der Waals surface area (Å²) < 4.78 is 0. The lowest BCUT2D eigenvalue weighted by molar-refractivity contribution is -0.141. The molecule has 0 radical (unpaired) electrons. The standard InChI is InChI=1S/C15H19NO3/c1-10-2-4-11(5-3-10)8-14(17)16-13-7-6-12(9-13)15(18)19/h2-5,12-13H,6-9H2,1H3,(H,16,17)(H,18,19). The first-order chi connectivity index (χ1) is 9.04. The number of nitrogens with one attached hydrogen (secondary N) is 1. The van der Waals surface area contributed by atoms with Gasteiger partial charge in [-0.15, -0.1) is 0 Å². The highest BCUT2D eigenvalue weighted by Gasteiger charge is 2.30. The average Bonchev–Trinajstić information content (AvgIpc) is 2.80. The van der Waals surface area contributed by atoms with Crippen molar-refractivity contribution in [3.05, 3.63) is 35.4 Å². The molecule has 0 aliphatic heterocycles. The number of aliphatic carboxylic acids is 1. The van der Waals surface area contributed by atoms with Crippen LogP contribution >= 0.6 is 0 Å². The fourth-order valence-corrected chi connectivity index (χ4v) is 2.51. The van der Waals surface area contributed by atoms with E-state index in [4.69, 9.17) is 5.11 Å². The molecular weight excluding hydrogens is 242 g/mol. The number of carboxylic acid groups (broad SMARTS) is 1. The van der Waals surface area contributed by atoms with E-state index in [0.29, 0.717) is 19.3 Å². The molecule has 0 aromatic heterocycles. The highest BCUT2D eigenvalue weighted by atomic mass is 16.4. The second-order valence-electron chi connectivity index (χ2n) is 5.28. The number of rotatable bonds is 4. The minimum atomic E-state index is -0.754. The van der Waals surface area contributed by atoms with Crippen molar-refractivity contribution in [2.75, 3.05) is 0 Å². The maximum Gasteiger partial charge on any atom is 0.306 e. The predicted octanol–water partition coefficient (Wildman–Crippen LogP) is 1.91. The van der Waals surface area contributed by atoms with Gasteiger partial charge < -0.3 is 10.4 Å². The van der Waals surface area contributed by atoms with Crippen LogP contribution < -0.4 is 5.32 Å². The number of carbonyl (C=O) groups is 2. The van der Waals surface area contributed by atoms with Crippen LogP contribution in [0.5, 0.6) is 0 Å². The zero-order chi connectivity index (χ0) is 13.8. The minimum Gasteiger partial charge on any atom is -0.481 e. The monoisotopic (exact) mass is 261 g/mol. The van der Waals surface area contributed by atoms with Gasteiger partial charge in [-0.2, -0.15) is 0 Å². The van der Waals surface area contributed by atoms with Crippen LogP contribution in [0.1, 0.15) is 30.4 Å². The van der Waals surface area contributed by atoms with Crippen molar-refractivity contribution >= 4 is 11.9 Å². The van der Waals surface area contributed by atoms with Gasteiger partial charge >= 0.3 is 5.97 Å². The third kappa shape index (κ3) is 3.81. The van der Waals surface area contributed by atoms with Crippen LogP contribution in [0, 0.1) is 12.8 Å². The Morgan fingerprint density at radius 1 is 1.26 bits per heavy atom. The quantitative estimate of drug-likeness (QED) is 0.870. The molecule has 4 heteroatoms. The minimum absolute atomic E-state index is 0.0130. The Labute approximate surface area is 112 Å². The van der Waals surface area contributed by atoms with Gasteiger partial charge in [0.2, 0.25) is 5.91 Å². The third-order valence-corrected chi connectivity index (χ3v) is 3.63. The summed E-state index contributed by atoms with van der Waals surface area (Å²) in [5.41, 5.74) is 2.15. The fourth-order valence-electron chi connectivity index (χ4n) is 2.51. The van der Waals surface area contributed by atoms with E-state index in [1.807, 2.05) is 31.2 Å². The van der Waals surface area contributed by atoms with Crippen LogP contribution in [0.3, 0.4) is 0 Å². The predicted molar refractivity (Wildman–Crippen MR) is 71.8 cm³/mol. The molecule has 0 saturated heterocycles. The molecule has 1 amide bonds. The Morgan fingerprint density at radius 2 is 1.95 bits per heavy atom. The topological polar surface area (TPSA) is 66.4 Å². The number of aryl methyl sites for hydroxylation is 1. The number of carboxylic acids is 1. The van der Waals surface area contributed by atoms with Crippen LogP contribution in [-0.2, 0) is 16.0 Å². The zero-order valence-corrected chi connectivity index (χ0v) is 11.1. The molecule has 0 spiro atoms. The van der Waals surface area contributed by atoms with Crippen LogP contribution in [-0.4, -0.2) is 23.0 Å². The first-order valence-electron chi connectivity index (χ1n) is 6.62. The van der Waals surface area contributed by atoms with Crippen molar-refractivity contribution < 1.29 is 14.7 Å². The smallest absolute Gasteiger partial charge is 0.306 e. The highest BCUT2D eigenvalue weighted by molar-refractivity contribution is 5.79. The Morgan fingerprint density at radius 3 is 2.53 bits per heavy atom. The molecule has 1 aliphatic carbocycles. The van der Waals surface area contributed by atoms with E-state index in [9.17, 15) is 9.59 Å². The molecule has 19 heavy (non-hydrogen) atoms. The molecule has 1 aromatic carbocycles. The maximum atomic E-state index is 11.9. The Kier molecular flexibility index (Phi) is 4.20. The van der Waals surface area contributed by atoms with Gasteiger partial charge in [0.05, 0.1) is 12.3 Å². The summed E-state index contributed by atoms with van der Waals surface area (Å²) in [6.45, 7) is 2.01. The van der Waals surface area contributed by atoms with E-state index in [-0.39, 0.29) is 17.9 Å². The van der Waals surface area contributed by atoms with Gasteiger partial charge in [0.15, 0.2) is 0 Å². The van der Waals surface area contributed by atoms with E-state index < -0.39 is 5.97 Å². The summed E-state index contributed by atoms with van der Waals surface area (Å²) in [5, 5.41) is 11.8. The molecule has 1 aliphatic rings. The van der Waals surface area contributed by atoms with Crippen molar-refractivity contribution in [2.24, 2.45) is 5.92 Å². The van der Waals surface area contributed by atoms with Crippen molar-refractivity contribution in [1.29, 1.82) is 0 Å². The van der Waals surface area contributed by atoms with Crippen LogP contribution in [0.25, 0.3) is 0 Å². The fraction of sp³-hybridized carbons (Fsp3) is 0.467. The van der Waals surface area contributed by atoms with Gasteiger partial charge in [-0.25, -0.2) is 0 Å². The van der Waals surface area contributed by atoms with Crippen molar-refractivity contribution in [1.82, 2.24) is 5.32 Å². The van der Waals surface area contributed by atoms with Gasteiger partial charge in [-0.1, -0.05) is 29.8 Å². The molecule has 1 aromatic rings. The Hall–Kier alpha value is -1.84. The lowest BCUT2D eigenvalue weighted by atomic mass is 10.1. The molecule has 102 valence electrons. The van der Waals surface area contributed by atoms with E-state index in [1.54, 1.807) is 0 Å². The summed E-state index contributed by atoms with van der Waals surface area (Å²) >= 11 is 0. The molecule has 4 nitrogen and oxygen atoms in total. The summed E-state index contributed by atoms with van der Waals surface area (Å²) in [7, 11) is 0. The number of hydrogen-bond acceptors (Lipinski definition) is 2. The van der Waals surface area contributed by atoms with Gasteiger partial charge in [0.25, 0.3) is 0 Å². The SMILES string of the molecule is Cc1ccc(CC(=O)NC2CCC(C(=O)O)C2)cc1. The summed E-state index contributed by atoms with van der Waals surface area (Å²) in [5.74, 6) is -1.08. The molecule has 0 heterocycles. The van der Waals surface area contributed by atoms with Gasteiger partial charge in [-0.05, 0) is 31.7 Å². The maximum absolute atomic E-state index is 11.9. The van der Waals surface area contributed by atoms with Crippen LogP contribution in [0.4, 0.5) is 0 Å². The summed E-state index contributed by atoms with van der Waals surface area (Å²) in [4.78, 5) is 22.7. The normalized spacial score (nSPS) is 22.2. The first kappa shape index (κ1) is 13.6. The second kappa shape index (κ2) is 5.87. The summed E-state index contributed by atoms with van der Waals surface area (Å²) in [6, 6.07) is 7.88. The van der Waals surface area contributed by atoms with Crippen LogP contribution in [0.2, 0.25) is 0 Å². The molecule has 2 unspecified atom stereocenters. The Bertz CT molecular complexity index is 467. The first-order valence-corrected chi connectivity index (χ1v) is 6.62. The van der Waals surface area contributed by atoms with Gasteiger partial charge in [-0.3, -0.25) is 9.59 Å². The molecule has 1 saturated carbocycles. The van der Waals surface area contributed by atoms with Crippen LogP contribution in [0.15, 0.2) is 24.3 Å². The Balaban J connectivity index is 1.82. The molecule has 1 fully saturated rings. The molecule has 2 rings (SSSR count). The molecule has 2 atom stereocenters. The molecule has 2 N–H and O–H groups in total. The van der Waals surface area contributed by atoms with E-state index in [2.05, 4.69) is 5.32 Å². The largest absolute Gasteiger partial charge is 0.481 e. The van der Waals surface area contributed by atoms with E-state index >= 15 is 0 Å². The second-order valence-corrected chi connectivity index (χ2v) is 5.28. The molecular formula is C15H19NO3. The van der Waals surface area contributed by atoms with E-state index in [0.717, 1.165) is 12.0 Å². The molecule has 0 bridgehead atoms. The van der Waals surface area contributed by atoms with Crippen molar-refractivity contribution in [3.63, 3.8) is 0 Å². The lowest BCUT2D eigenvalue weighted by Crippen LogP contribution is -2.34. The number of carbonyl (C=O) groups excluding carboxylic acids is 1. The lowest BCUT2D eigenvalue weighted by Gasteiger charge is -2.12. The van der Waals surface area contributed by atoms with Gasteiger partial charge in [0, 0.05) is 6.04 Å². The number of amides is 1. The van der Waals surface area contributed by atoms with Gasteiger partial charge in [0.1, 0.15) is 0 Å².